The van der Waals surface area contributed by atoms with E-state index in [1.807, 2.05) is 12.1 Å². The third kappa shape index (κ3) is 3.08. The molecule has 1 aliphatic rings. The third-order valence-electron chi connectivity index (χ3n) is 3.85. The monoisotopic (exact) mass is 289 g/mol. The molecule has 2 N–H and O–H groups in total. The van der Waals surface area contributed by atoms with Gasteiger partial charge in [0.25, 0.3) is 0 Å². The van der Waals surface area contributed by atoms with Crippen molar-refractivity contribution in [3.8, 4) is 5.75 Å². The highest BCUT2D eigenvalue weighted by atomic mass is 19.1. The summed E-state index contributed by atoms with van der Waals surface area (Å²) in [5, 5.41) is 13.8. The van der Waals surface area contributed by atoms with Gasteiger partial charge in [0.2, 0.25) is 0 Å². The van der Waals surface area contributed by atoms with Gasteiger partial charge in [0, 0.05) is 31.6 Å². The predicted molar refractivity (Wildman–Crippen MR) is 82.8 cm³/mol. The molecular formula is C16H20FN3O. The number of benzene rings is 1. The number of piperazine rings is 1. The van der Waals surface area contributed by atoms with Gasteiger partial charge in [-0.3, -0.25) is 4.39 Å². The molecule has 1 saturated heterocycles. The van der Waals surface area contributed by atoms with Gasteiger partial charge < -0.3 is 15.3 Å². The molecule has 21 heavy (non-hydrogen) atoms. The normalized spacial score (nSPS) is 15.6. The first-order chi connectivity index (χ1) is 10.3. The molecule has 1 aromatic heterocycles. The van der Waals surface area contributed by atoms with E-state index in [-0.39, 0.29) is 12.4 Å². The molecule has 0 amide bonds. The number of aromatic nitrogens is 1. The number of halogens is 1. The number of phenols is 1. The quantitative estimate of drug-likeness (QED) is 0.906. The molecule has 1 fully saturated rings. The smallest absolute Gasteiger partial charge is 0.132 e. The SMILES string of the molecule is Oc1ccc2nc(N3CCNCC3)c(CCCF)cc2c1. The van der Waals surface area contributed by atoms with Crippen LogP contribution in [0, 0.1) is 0 Å². The fourth-order valence-corrected chi connectivity index (χ4v) is 2.79. The lowest BCUT2D eigenvalue weighted by molar-refractivity contribution is 0.472. The number of phenolic OH excluding ortho intramolecular Hbond substituents is 1. The summed E-state index contributed by atoms with van der Waals surface area (Å²) in [6, 6.07) is 7.23. The van der Waals surface area contributed by atoms with Crippen molar-refractivity contribution >= 4 is 16.7 Å². The predicted octanol–water partition coefficient (Wildman–Crippen LogP) is 2.25. The second-order valence-electron chi connectivity index (χ2n) is 5.38. The molecule has 4 nitrogen and oxygen atoms in total. The van der Waals surface area contributed by atoms with Gasteiger partial charge in [-0.2, -0.15) is 0 Å². The second-order valence-corrected chi connectivity index (χ2v) is 5.38. The molecule has 1 aliphatic heterocycles. The first-order valence-corrected chi connectivity index (χ1v) is 7.42. The molecule has 0 spiro atoms. The van der Waals surface area contributed by atoms with Crippen LogP contribution in [0.3, 0.4) is 0 Å². The average Bonchev–Trinajstić information content (AvgIpc) is 2.52. The van der Waals surface area contributed by atoms with E-state index in [4.69, 9.17) is 4.98 Å². The van der Waals surface area contributed by atoms with Crippen molar-refractivity contribution in [3.63, 3.8) is 0 Å². The van der Waals surface area contributed by atoms with Crippen LogP contribution in [0.2, 0.25) is 0 Å². The van der Waals surface area contributed by atoms with Crippen molar-refractivity contribution in [1.29, 1.82) is 0 Å². The van der Waals surface area contributed by atoms with E-state index in [0.717, 1.165) is 48.5 Å². The minimum absolute atomic E-state index is 0.232. The highest BCUT2D eigenvalue weighted by molar-refractivity contribution is 5.83. The van der Waals surface area contributed by atoms with E-state index in [1.54, 1.807) is 12.1 Å². The molecule has 3 rings (SSSR count). The van der Waals surface area contributed by atoms with Crippen LogP contribution in [0.5, 0.6) is 5.75 Å². The van der Waals surface area contributed by atoms with Crippen LogP contribution in [-0.4, -0.2) is 42.9 Å². The first kappa shape index (κ1) is 14.1. The fourth-order valence-electron chi connectivity index (χ4n) is 2.79. The summed E-state index contributed by atoms with van der Waals surface area (Å²) < 4.78 is 12.5. The van der Waals surface area contributed by atoms with Crippen molar-refractivity contribution in [3.05, 3.63) is 29.8 Å². The van der Waals surface area contributed by atoms with Crippen molar-refractivity contribution in [2.45, 2.75) is 12.8 Å². The summed E-state index contributed by atoms with van der Waals surface area (Å²) in [5.41, 5.74) is 1.93. The standard InChI is InChI=1S/C16H20FN3O/c17-5-1-2-12-10-13-11-14(21)3-4-15(13)19-16(12)20-8-6-18-7-9-20/h3-4,10-11,18,21H,1-2,5-9H2. The lowest BCUT2D eigenvalue weighted by Gasteiger charge is -2.30. The van der Waals surface area contributed by atoms with E-state index in [9.17, 15) is 9.50 Å². The zero-order valence-corrected chi connectivity index (χ0v) is 12.0. The van der Waals surface area contributed by atoms with Gasteiger partial charge in [-0.25, -0.2) is 4.98 Å². The molecule has 0 unspecified atom stereocenters. The molecular weight excluding hydrogens is 269 g/mol. The highest BCUT2D eigenvalue weighted by Gasteiger charge is 2.16. The molecule has 2 heterocycles. The van der Waals surface area contributed by atoms with Crippen LogP contribution in [0.25, 0.3) is 10.9 Å². The van der Waals surface area contributed by atoms with E-state index in [0.29, 0.717) is 12.8 Å². The summed E-state index contributed by atoms with van der Waals surface area (Å²) in [7, 11) is 0. The van der Waals surface area contributed by atoms with E-state index in [2.05, 4.69) is 10.2 Å². The lowest BCUT2D eigenvalue weighted by Crippen LogP contribution is -2.44. The van der Waals surface area contributed by atoms with Crippen LogP contribution in [0.15, 0.2) is 24.3 Å². The van der Waals surface area contributed by atoms with Gasteiger partial charge in [0.15, 0.2) is 0 Å². The Bertz CT molecular complexity index is 626. The van der Waals surface area contributed by atoms with Crippen molar-refractivity contribution < 1.29 is 9.50 Å². The molecule has 0 atom stereocenters. The summed E-state index contributed by atoms with van der Waals surface area (Å²) in [6.45, 7) is 3.40. The number of aryl methyl sites for hydroxylation is 1. The summed E-state index contributed by atoms with van der Waals surface area (Å²) in [5.74, 6) is 1.19. The highest BCUT2D eigenvalue weighted by Crippen LogP contribution is 2.27. The minimum Gasteiger partial charge on any atom is -0.508 e. The lowest BCUT2D eigenvalue weighted by atomic mass is 10.1. The second kappa shape index (κ2) is 6.26. The number of nitrogens with one attached hydrogen (secondary N) is 1. The molecule has 0 aliphatic carbocycles. The number of nitrogens with zero attached hydrogens (tertiary/aromatic N) is 2. The Morgan fingerprint density at radius 3 is 2.81 bits per heavy atom. The van der Waals surface area contributed by atoms with Gasteiger partial charge in [0.05, 0.1) is 12.2 Å². The van der Waals surface area contributed by atoms with Crippen molar-refractivity contribution in [1.82, 2.24) is 10.3 Å². The van der Waals surface area contributed by atoms with Gasteiger partial charge in [-0.15, -0.1) is 0 Å². The number of hydrogen-bond acceptors (Lipinski definition) is 4. The molecule has 0 saturated carbocycles. The molecule has 5 heteroatoms. The molecule has 112 valence electrons. The van der Waals surface area contributed by atoms with Gasteiger partial charge >= 0.3 is 0 Å². The maximum atomic E-state index is 12.5. The summed E-state index contributed by atoms with van der Waals surface area (Å²) in [4.78, 5) is 7.02. The Kier molecular flexibility index (Phi) is 4.20. The van der Waals surface area contributed by atoms with Crippen LogP contribution in [-0.2, 0) is 6.42 Å². The van der Waals surface area contributed by atoms with E-state index < -0.39 is 0 Å². The van der Waals surface area contributed by atoms with Crippen LogP contribution < -0.4 is 10.2 Å². The number of hydrogen-bond donors (Lipinski definition) is 2. The van der Waals surface area contributed by atoms with Gasteiger partial charge in [-0.1, -0.05) is 0 Å². The molecule has 0 bridgehead atoms. The molecule has 1 aromatic carbocycles. The number of aromatic hydroxyl groups is 1. The Labute approximate surface area is 123 Å². The van der Waals surface area contributed by atoms with Gasteiger partial charge in [0.1, 0.15) is 11.6 Å². The number of alkyl halides is 1. The average molecular weight is 289 g/mol. The van der Waals surface area contributed by atoms with Crippen molar-refractivity contribution in [2.24, 2.45) is 0 Å². The number of anilines is 1. The fraction of sp³-hybridized carbons (Fsp3) is 0.438. The summed E-state index contributed by atoms with van der Waals surface area (Å²) in [6.07, 6.45) is 1.18. The maximum Gasteiger partial charge on any atom is 0.132 e. The first-order valence-electron chi connectivity index (χ1n) is 7.42. The third-order valence-corrected chi connectivity index (χ3v) is 3.85. The zero-order chi connectivity index (χ0) is 14.7. The van der Waals surface area contributed by atoms with E-state index in [1.165, 1.54) is 0 Å². The van der Waals surface area contributed by atoms with Crippen LogP contribution in [0.1, 0.15) is 12.0 Å². The van der Waals surface area contributed by atoms with Crippen LogP contribution >= 0.6 is 0 Å². The Balaban J connectivity index is 2.03. The molecule has 2 aromatic rings. The maximum absolute atomic E-state index is 12.5. The number of rotatable bonds is 4. The minimum atomic E-state index is -0.320. The largest absolute Gasteiger partial charge is 0.508 e. The Hall–Kier alpha value is -1.88. The molecule has 0 radical (unpaired) electrons. The van der Waals surface area contributed by atoms with Crippen LogP contribution in [0.4, 0.5) is 10.2 Å². The van der Waals surface area contributed by atoms with Gasteiger partial charge in [-0.05, 0) is 42.7 Å². The van der Waals surface area contributed by atoms with E-state index >= 15 is 0 Å². The Morgan fingerprint density at radius 1 is 1.24 bits per heavy atom. The number of fused-ring (bicyclic) bond motifs is 1. The van der Waals surface area contributed by atoms with Crippen molar-refractivity contribution in [2.75, 3.05) is 37.8 Å². The number of pyridine rings is 1. The zero-order valence-electron chi connectivity index (χ0n) is 12.0. The summed E-state index contributed by atoms with van der Waals surface area (Å²) >= 11 is 0. The topological polar surface area (TPSA) is 48.4 Å². The Morgan fingerprint density at radius 2 is 2.05 bits per heavy atom.